The lowest BCUT2D eigenvalue weighted by atomic mass is 9.95. The maximum absolute atomic E-state index is 13.3. The van der Waals surface area contributed by atoms with E-state index in [1.165, 1.54) is 0 Å². The van der Waals surface area contributed by atoms with Gasteiger partial charge in [-0.05, 0) is 41.8 Å². The quantitative estimate of drug-likeness (QED) is 0.562. The molecule has 0 bridgehead atoms. The van der Waals surface area contributed by atoms with Gasteiger partial charge in [0.05, 0.1) is 17.2 Å². The molecule has 3 amide bonds. The molecule has 4 rings (SSSR count). The number of para-hydroxylation sites is 1. The maximum atomic E-state index is 13.3. The number of fused-ring (bicyclic) bond motifs is 1. The van der Waals surface area contributed by atoms with Crippen LogP contribution in [0, 0.1) is 5.92 Å². The zero-order valence-electron chi connectivity index (χ0n) is 18.4. The summed E-state index contributed by atoms with van der Waals surface area (Å²) in [5.74, 6) is -0.868. The van der Waals surface area contributed by atoms with Crippen LogP contribution in [0.5, 0.6) is 0 Å². The Morgan fingerprint density at radius 2 is 1.70 bits per heavy atom. The Kier molecular flexibility index (Phi) is 6.83. The van der Waals surface area contributed by atoms with Gasteiger partial charge >= 0.3 is 0 Å². The van der Waals surface area contributed by atoms with E-state index in [1.807, 2.05) is 42.5 Å². The molecule has 6 heteroatoms. The smallest absolute Gasteiger partial charge is 0.254 e. The molecular formula is C27H27N3O3. The van der Waals surface area contributed by atoms with Gasteiger partial charge in [-0.1, -0.05) is 54.6 Å². The molecule has 1 heterocycles. The number of carbonyl (C=O) groups is 3. The Labute approximate surface area is 193 Å². The lowest BCUT2D eigenvalue weighted by Crippen LogP contribution is -2.44. The van der Waals surface area contributed by atoms with Crippen molar-refractivity contribution in [3.05, 3.63) is 90.5 Å². The highest BCUT2D eigenvalue weighted by Crippen LogP contribution is 2.25. The van der Waals surface area contributed by atoms with Crippen molar-refractivity contribution in [2.75, 3.05) is 25.0 Å². The molecule has 1 saturated heterocycles. The van der Waals surface area contributed by atoms with E-state index in [4.69, 9.17) is 0 Å². The van der Waals surface area contributed by atoms with Gasteiger partial charge in [-0.15, -0.1) is 6.58 Å². The van der Waals surface area contributed by atoms with E-state index in [0.717, 1.165) is 17.2 Å². The Bertz CT molecular complexity index is 1200. The predicted molar refractivity (Wildman–Crippen MR) is 130 cm³/mol. The van der Waals surface area contributed by atoms with Gasteiger partial charge in [0.1, 0.15) is 0 Å². The first-order chi connectivity index (χ1) is 16.1. The molecular weight excluding hydrogens is 414 g/mol. The third kappa shape index (κ3) is 4.95. The monoisotopic (exact) mass is 441 g/mol. The minimum atomic E-state index is -0.345. The first-order valence-electron chi connectivity index (χ1n) is 11.1. The van der Waals surface area contributed by atoms with E-state index in [9.17, 15) is 14.4 Å². The van der Waals surface area contributed by atoms with Gasteiger partial charge in [-0.25, -0.2) is 0 Å². The molecule has 0 aromatic heterocycles. The Hall–Kier alpha value is -3.93. The van der Waals surface area contributed by atoms with E-state index in [0.29, 0.717) is 42.9 Å². The van der Waals surface area contributed by atoms with Crippen molar-refractivity contribution in [3.8, 4) is 0 Å². The van der Waals surface area contributed by atoms with E-state index >= 15 is 0 Å². The predicted octanol–water partition coefficient (Wildman–Crippen LogP) is 4.25. The highest BCUT2D eigenvalue weighted by atomic mass is 16.2. The molecule has 2 N–H and O–H groups in total. The number of rotatable bonds is 6. The molecule has 1 aliphatic heterocycles. The Morgan fingerprint density at radius 1 is 0.970 bits per heavy atom. The molecule has 168 valence electrons. The highest BCUT2D eigenvalue weighted by molar-refractivity contribution is 6.07. The lowest BCUT2D eigenvalue weighted by molar-refractivity contribution is -0.121. The third-order valence-electron chi connectivity index (χ3n) is 5.94. The summed E-state index contributed by atoms with van der Waals surface area (Å²) >= 11 is 0. The summed E-state index contributed by atoms with van der Waals surface area (Å²) < 4.78 is 0. The second-order valence-electron chi connectivity index (χ2n) is 8.15. The molecule has 1 atom stereocenters. The normalized spacial score (nSPS) is 15.6. The summed E-state index contributed by atoms with van der Waals surface area (Å²) in [4.78, 5) is 40.6. The van der Waals surface area contributed by atoms with Crippen LogP contribution in [0.15, 0.2) is 79.4 Å². The van der Waals surface area contributed by atoms with E-state index < -0.39 is 0 Å². The molecule has 0 radical (unpaired) electrons. The number of nitrogens with one attached hydrogen (secondary N) is 2. The van der Waals surface area contributed by atoms with Crippen LogP contribution in [-0.4, -0.2) is 42.3 Å². The summed E-state index contributed by atoms with van der Waals surface area (Å²) in [5, 5.41) is 7.57. The van der Waals surface area contributed by atoms with E-state index in [1.54, 1.807) is 35.2 Å². The van der Waals surface area contributed by atoms with Crippen LogP contribution in [0.1, 0.15) is 33.6 Å². The zero-order valence-corrected chi connectivity index (χ0v) is 18.4. The fourth-order valence-electron chi connectivity index (χ4n) is 4.24. The van der Waals surface area contributed by atoms with Crippen LogP contribution in [0.4, 0.5) is 5.69 Å². The molecule has 0 aliphatic carbocycles. The zero-order chi connectivity index (χ0) is 23.2. The summed E-state index contributed by atoms with van der Waals surface area (Å²) in [7, 11) is 0. The van der Waals surface area contributed by atoms with Gasteiger partial charge in [0.15, 0.2) is 0 Å². The van der Waals surface area contributed by atoms with E-state index in [2.05, 4.69) is 17.2 Å². The molecule has 1 fully saturated rings. The van der Waals surface area contributed by atoms with Crippen LogP contribution in [0.25, 0.3) is 10.8 Å². The lowest BCUT2D eigenvalue weighted by Gasteiger charge is -2.32. The van der Waals surface area contributed by atoms with Gasteiger partial charge in [-0.2, -0.15) is 0 Å². The SMILES string of the molecule is C=CCNC(=O)c1ccccc1NC(=O)C1CCCN(C(=O)c2cccc3ccccc23)C1. The number of nitrogens with zero attached hydrogens (tertiary/aromatic N) is 1. The number of likely N-dealkylation sites (tertiary alicyclic amines) is 1. The molecule has 33 heavy (non-hydrogen) atoms. The van der Waals surface area contributed by atoms with Crippen LogP contribution in [0.3, 0.4) is 0 Å². The van der Waals surface area contributed by atoms with Crippen molar-refractivity contribution in [1.82, 2.24) is 10.2 Å². The van der Waals surface area contributed by atoms with Crippen molar-refractivity contribution in [2.45, 2.75) is 12.8 Å². The Morgan fingerprint density at radius 3 is 2.55 bits per heavy atom. The summed E-state index contributed by atoms with van der Waals surface area (Å²) in [6.45, 7) is 4.91. The largest absolute Gasteiger partial charge is 0.349 e. The Balaban J connectivity index is 1.48. The molecule has 0 spiro atoms. The minimum absolute atomic E-state index is 0.0616. The topological polar surface area (TPSA) is 78.5 Å². The van der Waals surface area contributed by atoms with Crippen LogP contribution in [0.2, 0.25) is 0 Å². The first-order valence-corrected chi connectivity index (χ1v) is 11.1. The van der Waals surface area contributed by atoms with Gasteiger partial charge < -0.3 is 15.5 Å². The number of carbonyl (C=O) groups excluding carboxylic acids is 3. The number of amides is 3. The standard InChI is InChI=1S/C27H27N3O3/c1-2-16-28-26(32)23-13-5-6-15-24(23)29-25(31)20-11-8-17-30(18-20)27(33)22-14-7-10-19-9-3-4-12-21(19)22/h2-7,9-10,12-15,20H,1,8,11,16-18H2,(H,28,32)(H,29,31). The van der Waals surface area contributed by atoms with Crippen molar-refractivity contribution in [3.63, 3.8) is 0 Å². The van der Waals surface area contributed by atoms with Crippen molar-refractivity contribution < 1.29 is 14.4 Å². The number of hydrogen-bond acceptors (Lipinski definition) is 3. The number of piperidine rings is 1. The second-order valence-corrected chi connectivity index (χ2v) is 8.15. The molecule has 0 saturated carbocycles. The van der Waals surface area contributed by atoms with Gasteiger partial charge in [0, 0.05) is 25.2 Å². The van der Waals surface area contributed by atoms with Crippen molar-refractivity contribution >= 4 is 34.2 Å². The maximum Gasteiger partial charge on any atom is 0.254 e. The highest BCUT2D eigenvalue weighted by Gasteiger charge is 2.30. The summed E-state index contributed by atoms with van der Waals surface area (Å²) in [5.41, 5.74) is 1.51. The van der Waals surface area contributed by atoms with Crippen LogP contribution < -0.4 is 10.6 Å². The molecule has 3 aromatic rings. The summed E-state index contributed by atoms with van der Waals surface area (Å²) in [6.07, 6.45) is 3.04. The van der Waals surface area contributed by atoms with Gasteiger partial charge in [0.25, 0.3) is 11.8 Å². The van der Waals surface area contributed by atoms with Gasteiger partial charge in [0.2, 0.25) is 5.91 Å². The number of anilines is 1. The fraction of sp³-hybridized carbons (Fsp3) is 0.222. The fourth-order valence-corrected chi connectivity index (χ4v) is 4.24. The first kappa shape index (κ1) is 22.3. The van der Waals surface area contributed by atoms with E-state index in [-0.39, 0.29) is 23.6 Å². The molecule has 3 aromatic carbocycles. The second kappa shape index (κ2) is 10.1. The minimum Gasteiger partial charge on any atom is -0.349 e. The summed E-state index contributed by atoms with van der Waals surface area (Å²) in [6, 6.07) is 20.4. The van der Waals surface area contributed by atoms with Crippen molar-refractivity contribution in [2.24, 2.45) is 5.92 Å². The molecule has 6 nitrogen and oxygen atoms in total. The molecule has 1 unspecified atom stereocenters. The van der Waals surface area contributed by atoms with Crippen LogP contribution in [-0.2, 0) is 4.79 Å². The number of benzene rings is 3. The van der Waals surface area contributed by atoms with Crippen molar-refractivity contribution in [1.29, 1.82) is 0 Å². The average molecular weight is 442 g/mol. The van der Waals surface area contributed by atoms with Gasteiger partial charge in [-0.3, -0.25) is 14.4 Å². The number of hydrogen-bond donors (Lipinski definition) is 2. The van der Waals surface area contributed by atoms with Crippen LogP contribution >= 0.6 is 0 Å². The average Bonchev–Trinajstić information content (AvgIpc) is 2.87. The third-order valence-corrected chi connectivity index (χ3v) is 5.94. The molecule has 1 aliphatic rings.